The molecule has 5 rings (SSSR count). The second-order valence-electron chi connectivity index (χ2n) is 8.37. The van der Waals surface area contributed by atoms with Gasteiger partial charge in [-0.1, -0.05) is 53.5 Å². The van der Waals surface area contributed by atoms with Gasteiger partial charge in [-0.05, 0) is 58.6 Å². The zero-order valence-electron chi connectivity index (χ0n) is 18.7. The Morgan fingerprint density at radius 1 is 1.09 bits per heavy atom. The molecule has 0 unspecified atom stereocenters. The highest BCUT2D eigenvalue weighted by Crippen LogP contribution is 2.31. The number of nitrogens with zero attached hydrogens (tertiary/aromatic N) is 4. The summed E-state index contributed by atoms with van der Waals surface area (Å²) in [4.78, 5) is 19.3. The maximum absolute atomic E-state index is 12.7. The van der Waals surface area contributed by atoms with E-state index >= 15 is 0 Å². The molecule has 0 aliphatic carbocycles. The highest BCUT2D eigenvalue weighted by Gasteiger charge is 2.23. The van der Waals surface area contributed by atoms with Gasteiger partial charge in [-0.3, -0.25) is 4.79 Å². The first kappa shape index (κ1) is 23.9. The Morgan fingerprint density at radius 2 is 1.89 bits per heavy atom. The third-order valence-corrected chi connectivity index (χ3v) is 7.13. The summed E-state index contributed by atoms with van der Waals surface area (Å²) in [5.41, 5.74) is 3.25. The van der Waals surface area contributed by atoms with Crippen molar-refractivity contribution in [3.63, 3.8) is 0 Å². The van der Waals surface area contributed by atoms with E-state index in [-0.39, 0.29) is 11.9 Å². The van der Waals surface area contributed by atoms with Crippen molar-refractivity contribution in [3.05, 3.63) is 87.0 Å². The molecule has 1 saturated heterocycles. The Hall–Kier alpha value is -2.87. The van der Waals surface area contributed by atoms with E-state index in [0.29, 0.717) is 28.8 Å². The fourth-order valence-corrected chi connectivity index (χ4v) is 4.96. The molecule has 6 nitrogen and oxygen atoms in total. The van der Waals surface area contributed by atoms with Gasteiger partial charge in [-0.15, -0.1) is 0 Å². The van der Waals surface area contributed by atoms with E-state index in [1.54, 1.807) is 22.9 Å². The third kappa shape index (κ3) is 5.37. The number of amides is 1. The zero-order valence-corrected chi connectivity index (χ0v) is 21.8. The van der Waals surface area contributed by atoms with E-state index < -0.39 is 0 Å². The average Bonchev–Trinajstić information content (AvgIpc) is 3.24. The van der Waals surface area contributed by atoms with Crippen LogP contribution in [0.4, 0.5) is 5.82 Å². The molecule has 4 aromatic rings. The first-order valence-electron chi connectivity index (χ1n) is 11.3. The second kappa shape index (κ2) is 10.4. The summed E-state index contributed by atoms with van der Waals surface area (Å²) in [5, 5.41) is 9.38. The van der Waals surface area contributed by atoms with Crippen molar-refractivity contribution in [2.45, 2.75) is 18.9 Å². The summed E-state index contributed by atoms with van der Waals surface area (Å²) in [7, 11) is 0. The molecular weight excluding hydrogens is 549 g/mol. The molecule has 1 N–H and O–H groups in total. The lowest BCUT2D eigenvalue weighted by molar-refractivity contribution is -0.126. The predicted octanol–water partition coefficient (Wildman–Crippen LogP) is 6.58. The molecule has 9 heteroatoms. The first-order valence-corrected chi connectivity index (χ1v) is 12.8. The Labute approximate surface area is 221 Å². The molecule has 0 spiro atoms. The average molecular weight is 571 g/mol. The SMILES string of the molecule is O=C(C=Cc1cccc(Cl)c1)N1CCC(Nc2cc(-c3ccccc3Cl)nc3c(Br)cnn23)CC1. The van der Waals surface area contributed by atoms with Gasteiger partial charge in [0.2, 0.25) is 5.91 Å². The largest absolute Gasteiger partial charge is 0.367 e. The van der Waals surface area contributed by atoms with Crippen molar-refractivity contribution in [2.75, 3.05) is 18.4 Å². The van der Waals surface area contributed by atoms with Crippen molar-refractivity contribution < 1.29 is 4.79 Å². The van der Waals surface area contributed by atoms with E-state index in [1.807, 2.05) is 59.5 Å². The van der Waals surface area contributed by atoms with E-state index in [9.17, 15) is 4.79 Å². The molecule has 1 amide bonds. The van der Waals surface area contributed by atoms with Gasteiger partial charge >= 0.3 is 0 Å². The summed E-state index contributed by atoms with van der Waals surface area (Å²) in [6, 6.07) is 17.3. The van der Waals surface area contributed by atoms with Crippen molar-refractivity contribution in [1.82, 2.24) is 19.5 Å². The van der Waals surface area contributed by atoms with Gasteiger partial charge in [0.15, 0.2) is 5.65 Å². The number of carbonyl (C=O) groups is 1. The number of rotatable bonds is 5. The number of nitrogens with one attached hydrogen (secondary N) is 1. The van der Waals surface area contributed by atoms with Crippen molar-refractivity contribution >= 4 is 62.6 Å². The standard InChI is InChI=1S/C26H22BrCl2N5O/c27-21-16-30-34-24(15-23(32-26(21)34)20-6-1-2-7-22(20)29)31-19-10-12-33(13-11-19)25(35)9-8-17-4-3-5-18(28)14-17/h1-9,14-16,19,31H,10-13H2. The van der Waals surface area contributed by atoms with Gasteiger partial charge < -0.3 is 10.2 Å². The van der Waals surface area contributed by atoms with Crippen LogP contribution < -0.4 is 5.32 Å². The van der Waals surface area contributed by atoms with Gasteiger partial charge in [0.1, 0.15) is 5.82 Å². The van der Waals surface area contributed by atoms with Crippen LogP contribution in [0.3, 0.4) is 0 Å². The van der Waals surface area contributed by atoms with Crippen LogP contribution in [0.15, 0.2) is 71.3 Å². The third-order valence-electron chi connectivity index (χ3n) is 6.00. The van der Waals surface area contributed by atoms with Crippen LogP contribution in [-0.4, -0.2) is 44.5 Å². The highest BCUT2D eigenvalue weighted by molar-refractivity contribution is 9.10. The van der Waals surface area contributed by atoms with E-state index in [2.05, 4.69) is 26.3 Å². The molecule has 2 aromatic carbocycles. The fourth-order valence-electron chi connectivity index (χ4n) is 4.18. The smallest absolute Gasteiger partial charge is 0.246 e. The van der Waals surface area contributed by atoms with Crippen LogP contribution in [0.5, 0.6) is 0 Å². The first-order chi connectivity index (χ1) is 17.0. The molecule has 3 heterocycles. The minimum Gasteiger partial charge on any atom is -0.367 e. The molecule has 0 radical (unpaired) electrons. The fraction of sp³-hybridized carbons (Fsp3) is 0.192. The van der Waals surface area contributed by atoms with Crippen LogP contribution in [0.25, 0.3) is 23.0 Å². The number of benzene rings is 2. The maximum Gasteiger partial charge on any atom is 0.246 e. The zero-order chi connectivity index (χ0) is 24.4. The number of piperidine rings is 1. The number of likely N-dealkylation sites (tertiary alicyclic amines) is 1. The molecule has 0 bridgehead atoms. The number of carbonyl (C=O) groups excluding carboxylic acids is 1. The number of halogens is 3. The molecular formula is C26H22BrCl2N5O. The summed E-state index contributed by atoms with van der Waals surface area (Å²) in [6.45, 7) is 1.34. The maximum atomic E-state index is 12.7. The summed E-state index contributed by atoms with van der Waals surface area (Å²) in [6.07, 6.45) is 6.80. The van der Waals surface area contributed by atoms with Gasteiger partial charge in [-0.2, -0.15) is 9.61 Å². The normalized spacial score (nSPS) is 14.7. The Balaban J connectivity index is 1.29. The minimum atomic E-state index is 0.00624. The lowest BCUT2D eigenvalue weighted by atomic mass is 10.0. The molecule has 1 aliphatic rings. The quantitative estimate of drug-likeness (QED) is 0.275. The summed E-state index contributed by atoms with van der Waals surface area (Å²) in [5.74, 6) is 0.841. The molecule has 178 valence electrons. The Morgan fingerprint density at radius 3 is 2.66 bits per heavy atom. The van der Waals surface area contributed by atoms with Gasteiger partial charge in [0.25, 0.3) is 0 Å². The van der Waals surface area contributed by atoms with Crippen LogP contribution in [-0.2, 0) is 4.79 Å². The van der Waals surface area contributed by atoms with Gasteiger partial charge in [0, 0.05) is 46.9 Å². The predicted molar refractivity (Wildman–Crippen MR) is 145 cm³/mol. The Bertz CT molecular complexity index is 1410. The minimum absolute atomic E-state index is 0.00624. The molecule has 0 saturated carbocycles. The van der Waals surface area contributed by atoms with E-state index in [1.165, 1.54) is 0 Å². The monoisotopic (exact) mass is 569 g/mol. The molecule has 1 fully saturated rings. The Kier molecular flexibility index (Phi) is 7.09. The lowest BCUT2D eigenvalue weighted by Gasteiger charge is -2.32. The van der Waals surface area contributed by atoms with Gasteiger partial charge in [-0.25, -0.2) is 4.98 Å². The lowest BCUT2D eigenvalue weighted by Crippen LogP contribution is -2.42. The van der Waals surface area contributed by atoms with Crippen LogP contribution >= 0.6 is 39.1 Å². The van der Waals surface area contributed by atoms with Crippen molar-refractivity contribution in [3.8, 4) is 11.3 Å². The van der Waals surface area contributed by atoms with E-state index in [0.717, 1.165) is 40.0 Å². The molecule has 0 atom stereocenters. The number of anilines is 1. The van der Waals surface area contributed by atoms with Crippen molar-refractivity contribution in [2.24, 2.45) is 0 Å². The van der Waals surface area contributed by atoms with Gasteiger partial charge in [0.05, 0.1) is 16.4 Å². The summed E-state index contributed by atoms with van der Waals surface area (Å²) >= 11 is 16.0. The second-order valence-corrected chi connectivity index (χ2v) is 10.1. The van der Waals surface area contributed by atoms with Crippen LogP contribution in [0, 0.1) is 0 Å². The number of fused-ring (bicyclic) bond motifs is 1. The summed E-state index contributed by atoms with van der Waals surface area (Å²) < 4.78 is 2.59. The highest BCUT2D eigenvalue weighted by atomic mass is 79.9. The topological polar surface area (TPSA) is 62.5 Å². The van der Waals surface area contributed by atoms with Crippen LogP contribution in [0.1, 0.15) is 18.4 Å². The van der Waals surface area contributed by atoms with Crippen LogP contribution in [0.2, 0.25) is 10.0 Å². The molecule has 2 aromatic heterocycles. The number of hydrogen-bond donors (Lipinski definition) is 1. The number of hydrogen-bond acceptors (Lipinski definition) is 4. The number of aromatic nitrogens is 3. The molecule has 1 aliphatic heterocycles. The van der Waals surface area contributed by atoms with Crippen molar-refractivity contribution in [1.29, 1.82) is 0 Å². The van der Waals surface area contributed by atoms with E-state index in [4.69, 9.17) is 28.2 Å². The molecule has 35 heavy (non-hydrogen) atoms.